The van der Waals surface area contributed by atoms with Crippen molar-refractivity contribution in [3.05, 3.63) is 52.0 Å². The Bertz CT molecular complexity index is 987. The average molecular weight is 417 g/mol. The van der Waals surface area contributed by atoms with Gasteiger partial charge in [0.1, 0.15) is 0 Å². The lowest BCUT2D eigenvalue weighted by atomic mass is 9.98. The SMILES string of the molecule is COc1cc(C(=O)N2CCCC(c3nc4ccccc4s3)C2)cc(Cl)c1OC. The van der Waals surface area contributed by atoms with Crippen molar-refractivity contribution in [2.24, 2.45) is 0 Å². The Balaban J connectivity index is 1.57. The number of carbonyl (C=O) groups excluding carboxylic acids is 1. The molecular formula is C21H21ClN2O3S. The van der Waals surface area contributed by atoms with Gasteiger partial charge >= 0.3 is 0 Å². The highest BCUT2D eigenvalue weighted by molar-refractivity contribution is 7.18. The number of thiazole rings is 1. The van der Waals surface area contributed by atoms with Crippen LogP contribution in [0.4, 0.5) is 0 Å². The van der Waals surface area contributed by atoms with Gasteiger partial charge in [-0.2, -0.15) is 0 Å². The van der Waals surface area contributed by atoms with Crippen LogP contribution in [0.2, 0.25) is 5.02 Å². The molecular weight excluding hydrogens is 396 g/mol. The Labute approximate surface area is 172 Å². The molecule has 0 bridgehead atoms. The molecule has 4 rings (SSSR count). The van der Waals surface area contributed by atoms with Gasteiger partial charge in [-0.1, -0.05) is 23.7 Å². The monoisotopic (exact) mass is 416 g/mol. The molecule has 28 heavy (non-hydrogen) atoms. The summed E-state index contributed by atoms with van der Waals surface area (Å²) in [4.78, 5) is 19.8. The third kappa shape index (κ3) is 3.54. The first-order valence-corrected chi connectivity index (χ1v) is 10.4. The summed E-state index contributed by atoms with van der Waals surface area (Å²) in [6.07, 6.45) is 1.99. The first-order valence-electron chi connectivity index (χ1n) is 9.17. The van der Waals surface area contributed by atoms with Gasteiger partial charge in [-0.3, -0.25) is 4.79 Å². The summed E-state index contributed by atoms with van der Waals surface area (Å²) >= 11 is 8.00. The maximum Gasteiger partial charge on any atom is 0.254 e. The van der Waals surface area contributed by atoms with Crippen LogP contribution in [0.1, 0.15) is 34.1 Å². The van der Waals surface area contributed by atoms with Crippen LogP contribution in [0.15, 0.2) is 36.4 Å². The van der Waals surface area contributed by atoms with E-state index < -0.39 is 0 Å². The minimum atomic E-state index is -0.0475. The van der Waals surface area contributed by atoms with Gasteiger partial charge in [0.2, 0.25) is 0 Å². The lowest BCUT2D eigenvalue weighted by molar-refractivity contribution is 0.0706. The number of hydrogen-bond acceptors (Lipinski definition) is 5. The van der Waals surface area contributed by atoms with Crippen LogP contribution in [0.5, 0.6) is 11.5 Å². The molecule has 5 nitrogen and oxygen atoms in total. The highest BCUT2D eigenvalue weighted by Gasteiger charge is 2.28. The van der Waals surface area contributed by atoms with Crippen LogP contribution < -0.4 is 9.47 Å². The molecule has 1 amide bonds. The van der Waals surface area contributed by atoms with Crippen molar-refractivity contribution < 1.29 is 14.3 Å². The second-order valence-corrected chi connectivity index (χ2v) is 8.27. The van der Waals surface area contributed by atoms with Crippen molar-refractivity contribution in [3.63, 3.8) is 0 Å². The van der Waals surface area contributed by atoms with E-state index in [9.17, 15) is 4.79 Å². The number of amides is 1. The Morgan fingerprint density at radius 2 is 2.07 bits per heavy atom. The average Bonchev–Trinajstić information content (AvgIpc) is 3.17. The number of nitrogens with zero attached hydrogens (tertiary/aromatic N) is 2. The molecule has 1 atom stereocenters. The summed E-state index contributed by atoms with van der Waals surface area (Å²) in [7, 11) is 3.06. The van der Waals surface area contributed by atoms with Crippen LogP contribution in [0.3, 0.4) is 0 Å². The third-order valence-electron chi connectivity index (χ3n) is 5.05. The summed E-state index contributed by atoms with van der Waals surface area (Å²) in [6, 6.07) is 11.5. The second-order valence-electron chi connectivity index (χ2n) is 6.80. The number of piperidine rings is 1. The van der Waals surface area contributed by atoms with Crippen molar-refractivity contribution in [2.45, 2.75) is 18.8 Å². The number of benzene rings is 2. The minimum Gasteiger partial charge on any atom is -0.493 e. The number of methoxy groups -OCH3 is 2. The third-order valence-corrected chi connectivity index (χ3v) is 6.53. The molecule has 1 unspecified atom stereocenters. The summed E-state index contributed by atoms with van der Waals surface area (Å²) < 4.78 is 11.8. The molecule has 2 aromatic carbocycles. The van der Waals surface area contributed by atoms with Gasteiger partial charge in [0, 0.05) is 24.6 Å². The van der Waals surface area contributed by atoms with Gasteiger partial charge in [0.15, 0.2) is 11.5 Å². The molecule has 0 radical (unpaired) electrons. The normalized spacial score (nSPS) is 17.0. The Morgan fingerprint density at radius 1 is 1.25 bits per heavy atom. The van der Waals surface area contributed by atoms with E-state index in [1.54, 1.807) is 23.5 Å². The van der Waals surface area contributed by atoms with Gasteiger partial charge in [0.25, 0.3) is 5.91 Å². The second kappa shape index (κ2) is 7.97. The van der Waals surface area contributed by atoms with E-state index in [1.165, 1.54) is 18.9 Å². The Kier molecular flexibility index (Phi) is 5.42. The van der Waals surface area contributed by atoms with E-state index in [4.69, 9.17) is 26.1 Å². The number of rotatable bonds is 4. The van der Waals surface area contributed by atoms with Gasteiger partial charge < -0.3 is 14.4 Å². The number of likely N-dealkylation sites (tertiary alicyclic amines) is 1. The number of fused-ring (bicyclic) bond motifs is 1. The predicted molar refractivity (Wildman–Crippen MR) is 112 cm³/mol. The summed E-state index contributed by atoms with van der Waals surface area (Å²) in [5, 5.41) is 1.47. The van der Waals surface area contributed by atoms with Crippen LogP contribution in [0, 0.1) is 0 Å². The smallest absolute Gasteiger partial charge is 0.254 e. The molecule has 0 saturated carbocycles. The largest absolute Gasteiger partial charge is 0.493 e. The molecule has 7 heteroatoms. The van der Waals surface area contributed by atoms with E-state index in [1.807, 2.05) is 23.1 Å². The zero-order chi connectivity index (χ0) is 19.7. The van der Waals surface area contributed by atoms with Gasteiger partial charge in [-0.15, -0.1) is 11.3 Å². The zero-order valence-corrected chi connectivity index (χ0v) is 17.3. The van der Waals surface area contributed by atoms with Crippen molar-refractivity contribution >= 4 is 39.1 Å². The Hall–Kier alpha value is -2.31. The van der Waals surface area contributed by atoms with Gasteiger partial charge in [-0.25, -0.2) is 4.98 Å². The standard InChI is InChI=1S/C21H21ClN2O3S/c1-26-17-11-14(10-15(22)19(17)27-2)21(25)24-9-5-6-13(12-24)20-23-16-7-3-4-8-18(16)28-20/h3-4,7-8,10-11,13H,5-6,9,12H2,1-2H3. The summed E-state index contributed by atoms with van der Waals surface area (Å²) in [5.74, 6) is 1.10. The molecule has 1 fully saturated rings. The first kappa shape index (κ1) is 19.0. The van der Waals surface area contributed by atoms with Crippen LogP contribution in [-0.2, 0) is 0 Å². The quantitative estimate of drug-likeness (QED) is 0.601. The molecule has 146 valence electrons. The molecule has 2 heterocycles. The summed E-state index contributed by atoms with van der Waals surface area (Å²) in [6.45, 7) is 1.39. The number of carbonyl (C=O) groups is 1. The maximum absolute atomic E-state index is 13.1. The van der Waals surface area contributed by atoms with Crippen LogP contribution in [-0.4, -0.2) is 43.1 Å². The number of halogens is 1. The van der Waals surface area contributed by atoms with E-state index in [-0.39, 0.29) is 11.8 Å². The van der Waals surface area contributed by atoms with E-state index >= 15 is 0 Å². The molecule has 0 spiro atoms. The van der Waals surface area contributed by atoms with E-state index in [2.05, 4.69) is 6.07 Å². The molecule has 1 aliphatic rings. The molecule has 0 aliphatic carbocycles. The number of ether oxygens (including phenoxy) is 2. The topological polar surface area (TPSA) is 51.7 Å². The highest BCUT2D eigenvalue weighted by Crippen LogP contribution is 2.37. The van der Waals surface area contributed by atoms with Crippen molar-refractivity contribution in [1.29, 1.82) is 0 Å². The van der Waals surface area contributed by atoms with E-state index in [0.717, 1.165) is 29.9 Å². The number of para-hydroxylation sites is 1. The van der Waals surface area contributed by atoms with E-state index in [0.29, 0.717) is 28.6 Å². The van der Waals surface area contributed by atoms with Crippen LogP contribution >= 0.6 is 22.9 Å². The summed E-state index contributed by atoms with van der Waals surface area (Å²) in [5.41, 5.74) is 1.53. The Morgan fingerprint density at radius 3 is 2.82 bits per heavy atom. The van der Waals surface area contributed by atoms with Crippen molar-refractivity contribution in [2.75, 3.05) is 27.3 Å². The fourth-order valence-corrected chi connectivity index (χ4v) is 5.03. The minimum absolute atomic E-state index is 0.0475. The molecule has 1 saturated heterocycles. The van der Waals surface area contributed by atoms with Gasteiger partial charge in [0.05, 0.1) is 34.5 Å². The zero-order valence-electron chi connectivity index (χ0n) is 15.8. The molecule has 1 aromatic heterocycles. The van der Waals surface area contributed by atoms with Crippen molar-refractivity contribution in [3.8, 4) is 11.5 Å². The maximum atomic E-state index is 13.1. The first-order chi connectivity index (χ1) is 13.6. The van der Waals surface area contributed by atoms with Crippen LogP contribution in [0.25, 0.3) is 10.2 Å². The molecule has 3 aromatic rings. The fourth-order valence-electron chi connectivity index (χ4n) is 3.65. The molecule has 1 aliphatic heterocycles. The van der Waals surface area contributed by atoms with Crippen molar-refractivity contribution in [1.82, 2.24) is 9.88 Å². The highest BCUT2D eigenvalue weighted by atomic mass is 35.5. The lowest BCUT2D eigenvalue weighted by Crippen LogP contribution is -2.39. The fraction of sp³-hybridized carbons (Fsp3) is 0.333. The van der Waals surface area contributed by atoms with Gasteiger partial charge in [-0.05, 0) is 37.1 Å². The lowest BCUT2D eigenvalue weighted by Gasteiger charge is -2.32. The number of hydrogen-bond donors (Lipinski definition) is 0. The number of aromatic nitrogens is 1. The molecule has 0 N–H and O–H groups in total. The predicted octanol–water partition coefficient (Wildman–Crippen LogP) is 4.99.